The number of benzene rings is 2. The Hall–Kier alpha value is -2.64. The van der Waals surface area contributed by atoms with Crippen LogP contribution in [-0.4, -0.2) is 66.2 Å². The van der Waals surface area contributed by atoms with E-state index >= 15 is 0 Å². The fourth-order valence-electron chi connectivity index (χ4n) is 3.90. The normalized spacial score (nSPS) is 14.5. The lowest BCUT2D eigenvalue weighted by Gasteiger charge is -2.34. The van der Waals surface area contributed by atoms with E-state index in [-0.39, 0.29) is 11.8 Å². The Morgan fingerprint density at radius 1 is 0.903 bits per heavy atom. The fourth-order valence-corrected chi connectivity index (χ4v) is 3.90. The van der Waals surface area contributed by atoms with Crippen LogP contribution in [0.2, 0.25) is 0 Å². The Bertz CT molecular complexity index is 850. The smallest absolute Gasteiger partial charge is 0.243 e. The first kappa shape index (κ1) is 23.0. The first-order valence-corrected chi connectivity index (χ1v) is 11.2. The number of nitrogens with one attached hydrogen (secondary N) is 1. The van der Waals surface area contributed by atoms with Gasteiger partial charge in [0.2, 0.25) is 11.8 Å². The number of unbranched alkanes of at least 4 members (excludes halogenated alkanes) is 3. The predicted octanol–water partition coefficient (Wildman–Crippen LogP) is 3.21. The van der Waals surface area contributed by atoms with Crippen LogP contribution in [0.4, 0.5) is 0 Å². The van der Waals surface area contributed by atoms with Crippen molar-refractivity contribution in [2.24, 2.45) is 0 Å². The second-order valence-corrected chi connectivity index (χ2v) is 8.03. The van der Waals surface area contributed by atoms with Gasteiger partial charge in [-0.2, -0.15) is 0 Å². The molecule has 2 amide bonds. The Labute approximate surface area is 183 Å². The Morgan fingerprint density at radius 3 is 2.35 bits per heavy atom. The molecule has 0 radical (unpaired) electrons. The van der Waals surface area contributed by atoms with E-state index in [0.29, 0.717) is 19.4 Å². The molecule has 7 nitrogen and oxygen atoms in total. The van der Waals surface area contributed by atoms with Crippen molar-refractivity contribution in [1.29, 1.82) is 0 Å². The highest BCUT2D eigenvalue weighted by atomic mass is 16.5. The lowest BCUT2D eigenvalue weighted by atomic mass is 10.1. The Balaban J connectivity index is 1.27. The number of amides is 2. The van der Waals surface area contributed by atoms with Gasteiger partial charge >= 0.3 is 0 Å². The van der Waals surface area contributed by atoms with E-state index in [1.807, 2.05) is 23.1 Å². The third-order valence-corrected chi connectivity index (χ3v) is 5.79. The van der Waals surface area contributed by atoms with E-state index in [0.717, 1.165) is 64.2 Å². The van der Waals surface area contributed by atoms with Gasteiger partial charge in [-0.3, -0.25) is 19.7 Å². The average molecular weight is 428 g/mol. The number of fused-ring (bicyclic) bond motifs is 1. The summed E-state index contributed by atoms with van der Waals surface area (Å²) in [6, 6.07) is 14.4. The second kappa shape index (κ2) is 12.3. The number of piperazine rings is 1. The summed E-state index contributed by atoms with van der Waals surface area (Å²) in [7, 11) is 0. The minimum Gasteiger partial charge on any atom is -0.492 e. The molecule has 1 saturated heterocycles. The molecule has 0 bridgehead atoms. The quantitative estimate of drug-likeness (QED) is 0.327. The number of hydrogen-bond acceptors (Lipinski definition) is 5. The highest BCUT2D eigenvalue weighted by Crippen LogP contribution is 2.20. The molecule has 0 spiro atoms. The molecule has 2 N–H and O–H groups in total. The molecule has 0 atom stereocenters. The molecule has 0 aromatic heterocycles. The molecule has 0 aliphatic carbocycles. The van der Waals surface area contributed by atoms with Crippen molar-refractivity contribution in [2.45, 2.75) is 38.5 Å². The van der Waals surface area contributed by atoms with Gasteiger partial charge in [0.1, 0.15) is 12.4 Å². The van der Waals surface area contributed by atoms with E-state index in [9.17, 15) is 9.59 Å². The van der Waals surface area contributed by atoms with Crippen LogP contribution in [0.5, 0.6) is 5.75 Å². The summed E-state index contributed by atoms with van der Waals surface area (Å²) in [6.45, 7) is 4.79. The van der Waals surface area contributed by atoms with Crippen LogP contribution in [-0.2, 0) is 9.59 Å². The maximum absolute atomic E-state index is 12.4. The number of hydroxylamine groups is 1. The summed E-state index contributed by atoms with van der Waals surface area (Å²) < 4.78 is 5.94. The number of nitrogens with zero attached hydrogens (tertiary/aromatic N) is 2. The zero-order chi connectivity index (χ0) is 21.9. The van der Waals surface area contributed by atoms with Gasteiger partial charge in [0.05, 0.1) is 0 Å². The van der Waals surface area contributed by atoms with Crippen molar-refractivity contribution in [3.05, 3.63) is 42.5 Å². The molecule has 1 heterocycles. The van der Waals surface area contributed by atoms with Gasteiger partial charge < -0.3 is 9.64 Å². The van der Waals surface area contributed by atoms with Crippen molar-refractivity contribution in [3.8, 4) is 5.75 Å². The van der Waals surface area contributed by atoms with Crippen LogP contribution in [0.1, 0.15) is 38.5 Å². The molecule has 7 heteroatoms. The van der Waals surface area contributed by atoms with E-state index in [4.69, 9.17) is 9.94 Å². The van der Waals surface area contributed by atoms with E-state index < -0.39 is 0 Å². The molecule has 3 rings (SSSR count). The lowest BCUT2D eigenvalue weighted by molar-refractivity contribution is -0.133. The van der Waals surface area contributed by atoms with Gasteiger partial charge in [0, 0.05) is 45.6 Å². The molecule has 1 fully saturated rings. The minimum atomic E-state index is -0.350. The van der Waals surface area contributed by atoms with Crippen LogP contribution in [0.3, 0.4) is 0 Å². The van der Waals surface area contributed by atoms with Crippen LogP contribution in [0, 0.1) is 0 Å². The summed E-state index contributed by atoms with van der Waals surface area (Å²) in [5.41, 5.74) is 1.64. The number of carbonyl (C=O) groups excluding carboxylic acids is 2. The number of hydrogen-bond donors (Lipinski definition) is 2. The molecule has 31 heavy (non-hydrogen) atoms. The first-order chi connectivity index (χ1) is 15.2. The van der Waals surface area contributed by atoms with Gasteiger partial charge in [0.25, 0.3) is 0 Å². The zero-order valence-corrected chi connectivity index (χ0v) is 18.1. The van der Waals surface area contributed by atoms with Crippen molar-refractivity contribution in [1.82, 2.24) is 15.3 Å². The van der Waals surface area contributed by atoms with Crippen molar-refractivity contribution in [2.75, 3.05) is 39.3 Å². The molecule has 1 aliphatic heterocycles. The number of carbonyl (C=O) groups is 2. The van der Waals surface area contributed by atoms with Gasteiger partial charge in [0.15, 0.2) is 0 Å². The summed E-state index contributed by atoms with van der Waals surface area (Å²) in [6.07, 6.45) is 4.30. The first-order valence-electron chi connectivity index (χ1n) is 11.2. The third kappa shape index (κ3) is 7.52. The highest BCUT2D eigenvalue weighted by molar-refractivity contribution is 5.83. The average Bonchev–Trinajstić information content (AvgIpc) is 2.81. The van der Waals surface area contributed by atoms with Gasteiger partial charge in [-0.25, -0.2) is 5.48 Å². The van der Waals surface area contributed by atoms with Crippen LogP contribution >= 0.6 is 0 Å². The SMILES string of the molecule is O=C(CCCCCCC(=O)N1CCN(CCOc2ccc3ccccc3c2)CC1)NO. The van der Waals surface area contributed by atoms with Crippen molar-refractivity contribution < 1.29 is 19.5 Å². The molecule has 2 aromatic rings. The van der Waals surface area contributed by atoms with E-state index in [2.05, 4.69) is 29.2 Å². The summed E-state index contributed by atoms with van der Waals surface area (Å²) in [4.78, 5) is 27.6. The maximum atomic E-state index is 12.4. The van der Waals surface area contributed by atoms with Crippen LogP contribution in [0.25, 0.3) is 10.8 Å². The molecular formula is C24H33N3O4. The molecule has 2 aromatic carbocycles. The largest absolute Gasteiger partial charge is 0.492 e. The van der Waals surface area contributed by atoms with E-state index in [1.54, 1.807) is 5.48 Å². The molecule has 0 saturated carbocycles. The van der Waals surface area contributed by atoms with Crippen molar-refractivity contribution >= 4 is 22.6 Å². The van der Waals surface area contributed by atoms with Gasteiger partial charge in [-0.1, -0.05) is 43.2 Å². The maximum Gasteiger partial charge on any atom is 0.243 e. The standard InChI is InChI=1S/C24H33N3O4/c28-23(25-30)9-3-1-2-4-10-24(29)27-15-13-26(14-16-27)17-18-31-22-12-11-20-7-5-6-8-21(20)19-22/h5-8,11-12,19,30H,1-4,9-10,13-18H2,(H,25,28). The molecule has 0 unspecified atom stereocenters. The van der Waals surface area contributed by atoms with Crippen molar-refractivity contribution in [3.63, 3.8) is 0 Å². The second-order valence-electron chi connectivity index (χ2n) is 8.03. The molecule has 1 aliphatic rings. The topological polar surface area (TPSA) is 82.1 Å². The molecular weight excluding hydrogens is 394 g/mol. The minimum absolute atomic E-state index is 0.222. The van der Waals surface area contributed by atoms with Gasteiger partial charge in [-0.05, 0) is 35.7 Å². The van der Waals surface area contributed by atoms with Gasteiger partial charge in [-0.15, -0.1) is 0 Å². The molecule has 168 valence electrons. The monoisotopic (exact) mass is 427 g/mol. The Kier molecular flexibility index (Phi) is 9.12. The third-order valence-electron chi connectivity index (χ3n) is 5.79. The number of rotatable bonds is 11. The van der Waals surface area contributed by atoms with Crippen LogP contribution in [0.15, 0.2) is 42.5 Å². The highest BCUT2D eigenvalue weighted by Gasteiger charge is 2.20. The number of ether oxygens (including phenoxy) is 1. The lowest BCUT2D eigenvalue weighted by Crippen LogP contribution is -2.49. The summed E-state index contributed by atoms with van der Waals surface area (Å²) >= 11 is 0. The zero-order valence-electron chi connectivity index (χ0n) is 18.1. The summed E-state index contributed by atoms with van der Waals surface area (Å²) in [5, 5.41) is 10.8. The van der Waals surface area contributed by atoms with E-state index in [1.165, 1.54) is 10.8 Å². The predicted molar refractivity (Wildman–Crippen MR) is 120 cm³/mol. The Morgan fingerprint density at radius 2 is 1.61 bits per heavy atom. The summed E-state index contributed by atoms with van der Waals surface area (Å²) in [5.74, 6) is 0.765. The fraction of sp³-hybridized carbons (Fsp3) is 0.500. The van der Waals surface area contributed by atoms with Crippen LogP contribution < -0.4 is 10.2 Å².